The van der Waals surface area contributed by atoms with Crippen molar-refractivity contribution in [2.45, 2.75) is 19.4 Å². The molecule has 0 atom stereocenters. The van der Waals surface area contributed by atoms with Gasteiger partial charge in [0.25, 0.3) is 0 Å². The molecule has 2 aliphatic rings. The molecule has 0 unspecified atom stereocenters. The van der Waals surface area contributed by atoms with Crippen LogP contribution in [0.2, 0.25) is 0 Å². The van der Waals surface area contributed by atoms with E-state index in [2.05, 4.69) is 33.3 Å². The van der Waals surface area contributed by atoms with Gasteiger partial charge in [-0.05, 0) is 49.7 Å². The van der Waals surface area contributed by atoms with Crippen molar-refractivity contribution < 1.29 is 14.3 Å². The number of benzene rings is 2. The van der Waals surface area contributed by atoms with Crippen molar-refractivity contribution in [1.82, 2.24) is 9.47 Å². The Balaban J connectivity index is 1.14. The zero-order chi connectivity index (χ0) is 23.5. The van der Waals surface area contributed by atoms with Crippen LogP contribution < -0.4 is 25.4 Å². The number of hydrogen-bond acceptors (Lipinski definition) is 6. The van der Waals surface area contributed by atoms with E-state index < -0.39 is 6.03 Å². The Labute approximate surface area is 198 Å². The smallest absolute Gasteiger partial charge is 0.317 e. The SMILES string of the molecule is N#Cc1ccc2cc(NC(N)=O)n(CCCCN3CCN(c4ccc5c(c4)OCO5)CC3)c2c1. The highest BCUT2D eigenvalue weighted by Gasteiger charge is 2.20. The van der Waals surface area contributed by atoms with E-state index in [4.69, 9.17) is 15.2 Å². The Morgan fingerprint density at radius 1 is 1.00 bits per heavy atom. The number of aromatic nitrogens is 1. The lowest BCUT2D eigenvalue weighted by Gasteiger charge is -2.36. The number of nitriles is 1. The van der Waals surface area contributed by atoms with Gasteiger partial charge >= 0.3 is 6.03 Å². The van der Waals surface area contributed by atoms with Crippen molar-refractivity contribution >= 4 is 28.4 Å². The van der Waals surface area contributed by atoms with Gasteiger partial charge in [-0.2, -0.15) is 5.26 Å². The Kier molecular flexibility index (Phi) is 6.14. The molecule has 9 nitrogen and oxygen atoms in total. The molecule has 34 heavy (non-hydrogen) atoms. The fourth-order valence-electron chi connectivity index (χ4n) is 4.71. The number of ether oxygens (including phenoxy) is 2. The number of carbonyl (C=O) groups is 1. The van der Waals surface area contributed by atoms with E-state index in [0.717, 1.165) is 74.5 Å². The van der Waals surface area contributed by atoms with Crippen LogP contribution in [0.1, 0.15) is 18.4 Å². The van der Waals surface area contributed by atoms with Gasteiger partial charge in [-0.3, -0.25) is 10.2 Å². The number of anilines is 2. The summed E-state index contributed by atoms with van der Waals surface area (Å²) in [5, 5.41) is 12.9. The molecular weight excluding hydrogens is 432 g/mol. The molecule has 0 saturated carbocycles. The van der Waals surface area contributed by atoms with Crippen LogP contribution in [0.4, 0.5) is 16.3 Å². The molecule has 0 aliphatic carbocycles. The number of aryl methyl sites for hydroxylation is 1. The molecule has 176 valence electrons. The molecule has 0 radical (unpaired) electrons. The van der Waals surface area contributed by atoms with Crippen molar-refractivity contribution in [2.24, 2.45) is 5.73 Å². The summed E-state index contributed by atoms with van der Waals surface area (Å²) < 4.78 is 13.0. The number of fused-ring (bicyclic) bond motifs is 2. The number of piperazine rings is 1. The van der Waals surface area contributed by atoms with Gasteiger partial charge in [0.2, 0.25) is 6.79 Å². The normalized spacial score (nSPS) is 15.4. The zero-order valence-electron chi connectivity index (χ0n) is 19.0. The predicted molar refractivity (Wildman–Crippen MR) is 130 cm³/mol. The van der Waals surface area contributed by atoms with E-state index in [1.165, 1.54) is 5.69 Å². The third kappa shape index (κ3) is 4.58. The number of primary amides is 1. The van der Waals surface area contributed by atoms with E-state index in [9.17, 15) is 10.1 Å². The van der Waals surface area contributed by atoms with E-state index in [1.807, 2.05) is 28.8 Å². The maximum absolute atomic E-state index is 11.5. The zero-order valence-corrected chi connectivity index (χ0v) is 19.0. The Morgan fingerprint density at radius 2 is 1.79 bits per heavy atom. The second kappa shape index (κ2) is 9.53. The first kappa shape index (κ1) is 21.9. The minimum atomic E-state index is -0.593. The van der Waals surface area contributed by atoms with Crippen LogP contribution >= 0.6 is 0 Å². The second-order valence-electron chi connectivity index (χ2n) is 8.63. The van der Waals surface area contributed by atoms with E-state index in [1.54, 1.807) is 6.07 Å². The summed E-state index contributed by atoms with van der Waals surface area (Å²) in [7, 11) is 0. The molecule has 1 aromatic heterocycles. The maximum atomic E-state index is 11.5. The molecule has 0 bridgehead atoms. The van der Waals surface area contributed by atoms with Crippen LogP contribution in [0, 0.1) is 11.3 Å². The molecule has 9 heteroatoms. The molecule has 2 amide bonds. The lowest BCUT2D eigenvalue weighted by atomic mass is 10.2. The van der Waals surface area contributed by atoms with Gasteiger partial charge < -0.3 is 24.7 Å². The molecule has 3 heterocycles. The van der Waals surface area contributed by atoms with Gasteiger partial charge in [0, 0.05) is 49.9 Å². The first-order valence-electron chi connectivity index (χ1n) is 11.6. The van der Waals surface area contributed by atoms with Gasteiger partial charge in [0.1, 0.15) is 5.82 Å². The topological polar surface area (TPSA) is 109 Å². The lowest BCUT2D eigenvalue weighted by molar-refractivity contribution is 0.174. The van der Waals surface area contributed by atoms with Crippen LogP contribution in [-0.4, -0.2) is 55.0 Å². The third-order valence-electron chi connectivity index (χ3n) is 6.48. The number of unbranched alkanes of at least 4 members (excludes halogenated alkanes) is 1. The number of hydrogen-bond donors (Lipinski definition) is 2. The summed E-state index contributed by atoms with van der Waals surface area (Å²) in [6, 6.07) is 15.2. The number of carbonyl (C=O) groups excluding carboxylic acids is 1. The van der Waals surface area contributed by atoms with Crippen molar-refractivity contribution in [3.8, 4) is 17.6 Å². The molecule has 1 saturated heterocycles. The Morgan fingerprint density at radius 3 is 2.59 bits per heavy atom. The number of nitrogens with zero attached hydrogens (tertiary/aromatic N) is 4. The lowest BCUT2D eigenvalue weighted by Crippen LogP contribution is -2.46. The highest BCUT2D eigenvalue weighted by Crippen LogP contribution is 2.35. The van der Waals surface area contributed by atoms with E-state index >= 15 is 0 Å². The molecule has 2 aromatic carbocycles. The van der Waals surface area contributed by atoms with Crippen LogP contribution in [0.25, 0.3) is 10.9 Å². The summed E-state index contributed by atoms with van der Waals surface area (Å²) >= 11 is 0. The van der Waals surface area contributed by atoms with Crippen molar-refractivity contribution in [3.05, 3.63) is 48.0 Å². The van der Waals surface area contributed by atoms with E-state index in [0.29, 0.717) is 18.2 Å². The van der Waals surface area contributed by atoms with Crippen LogP contribution in [-0.2, 0) is 6.54 Å². The highest BCUT2D eigenvalue weighted by atomic mass is 16.7. The second-order valence-corrected chi connectivity index (χ2v) is 8.63. The average molecular weight is 461 g/mol. The average Bonchev–Trinajstić information content (AvgIpc) is 3.45. The molecular formula is C25H28N6O3. The number of rotatable bonds is 7. The summed E-state index contributed by atoms with van der Waals surface area (Å²) in [5.41, 5.74) is 8.07. The highest BCUT2D eigenvalue weighted by molar-refractivity contribution is 5.93. The number of amides is 2. The van der Waals surface area contributed by atoms with Gasteiger partial charge in [0.15, 0.2) is 11.5 Å². The standard InChI is InChI=1S/C25H28N6O3/c26-16-18-3-4-19-14-24(28-25(27)32)31(21(19)13-18)8-2-1-7-29-9-11-30(12-10-29)20-5-6-22-23(15-20)34-17-33-22/h3-6,13-15H,1-2,7-12,17H2,(H3,27,28,32). The maximum Gasteiger partial charge on any atom is 0.317 e. The molecule has 1 fully saturated rings. The van der Waals surface area contributed by atoms with E-state index in [-0.39, 0.29) is 0 Å². The minimum Gasteiger partial charge on any atom is -0.454 e. The van der Waals surface area contributed by atoms with Crippen LogP contribution in [0.3, 0.4) is 0 Å². The molecule has 3 aromatic rings. The fraction of sp³-hybridized carbons (Fsp3) is 0.360. The predicted octanol–water partition coefficient (Wildman–Crippen LogP) is 3.33. The first-order chi connectivity index (χ1) is 16.6. The fourth-order valence-corrected chi connectivity index (χ4v) is 4.71. The summed E-state index contributed by atoms with van der Waals surface area (Å²) in [6.45, 7) is 6.05. The minimum absolute atomic E-state index is 0.297. The largest absolute Gasteiger partial charge is 0.454 e. The molecule has 2 aliphatic heterocycles. The number of urea groups is 1. The Bertz CT molecular complexity index is 1240. The van der Waals surface area contributed by atoms with Gasteiger partial charge in [-0.15, -0.1) is 0 Å². The summed E-state index contributed by atoms with van der Waals surface area (Å²) in [4.78, 5) is 16.3. The number of nitrogens with one attached hydrogen (secondary N) is 1. The van der Waals surface area contributed by atoms with Crippen LogP contribution in [0.5, 0.6) is 11.5 Å². The first-order valence-corrected chi connectivity index (χ1v) is 11.6. The van der Waals surface area contributed by atoms with Crippen LogP contribution in [0.15, 0.2) is 42.5 Å². The van der Waals surface area contributed by atoms with Gasteiger partial charge in [-0.1, -0.05) is 6.07 Å². The van der Waals surface area contributed by atoms with Crippen molar-refractivity contribution in [2.75, 3.05) is 49.7 Å². The molecule has 3 N–H and O–H groups in total. The van der Waals surface area contributed by atoms with Gasteiger partial charge in [-0.25, -0.2) is 4.79 Å². The van der Waals surface area contributed by atoms with Crippen molar-refractivity contribution in [3.63, 3.8) is 0 Å². The quantitative estimate of drug-likeness (QED) is 0.524. The Hall–Kier alpha value is -3.90. The van der Waals surface area contributed by atoms with Crippen molar-refractivity contribution in [1.29, 1.82) is 5.26 Å². The third-order valence-corrected chi connectivity index (χ3v) is 6.48. The monoisotopic (exact) mass is 460 g/mol. The van der Waals surface area contributed by atoms with Gasteiger partial charge in [0.05, 0.1) is 17.1 Å². The summed E-state index contributed by atoms with van der Waals surface area (Å²) in [5.74, 6) is 2.30. The number of nitrogens with two attached hydrogens (primary N) is 1. The molecule has 0 spiro atoms. The summed E-state index contributed by atoms with van der Waals surface area (Å²) in [6.07, 6.45) is 1.99. The molecule has 5 rings (SSSR count).